The minimum atomic E-state index is -0.275. The SMILES string of the molecule is CNc1nccnc1[C@H]1CN(C(=O)c2cc3ccccc3s2)CCO1. The number of fused-ring (bicyclic) bond motifs is 1. The summed E-state index contributed by atoms with van der Waals surface area (Å²) in [6, 6.07) is 10.0. The van der Waals surface area contributed by atoms with E-state index in [-0.39, 0.29) is 12.0 Å². The number of morpholine rings is 1. The van der Waals surface area contributed by atoms with Gasteiger partial charge in [-0.05, 0) is 17.5 Å². The number of hydrogen-bond donors (Lipinski definition) is 1. The maximum atomic E-state index is 12.9. The lowest BCUT2D eigenvalue weighted by Crippen LogP contribution is -2.42. The highest BCUT2D eigenvalue weighted by atomic mass is 32.1. The van der Waals surface area contributed by atoms with Crippen LogP contribution in [-0.4, -0.2) is 47.5 Å². The topological polar surface area (TPSA) is 67.4 Å². The predicted octanol–water partition coefficient (Wildman–Crippen LogP) is 2.95. The third-order valence-corrected chi connectivity index (χ3v) is 5.36. The molecule has 1 fully saturated rings. The molecule has 3 aromatic rings. The number of ether oxygens (including phenoxy) is 1. The normalized spacial score (nSPS) is 17.6. The molecular weight excluding hydrogens is 336 g/mol. The van der Waals surface area contributed by atoms with Crippen molar-refractivity contribution in [2.45, 2.75) is 6.10 Å². The molecule has 25 heavy (non-hydrogen) atoms. The summed E-state index contributed by atoms with van der Waals surface area (Å²) in [7, 11) is 1.80. The van der Waals surface area contributed by atoms with E-state index in [1.807, 2.05) is 35.2 Å². The summed E-state index contributed by atoms with van der Waals surface area (Å²) in [5, 5.41) is 4.14. The molecule has 1 saturated heterocycles. The van der Waals surface area contributed by atoms with Gasteiger partial charge in [-0.3, -0.25) is 9.78 Å². The van der Waals surface area contributed by atoms with E-state index in [9.17, 15) is 4.79 Å². The molecule has 1 N–H and O–H groups in total. The molecule has 6 nitrogen and oxygen atoms in total. The first kappa shape index (κ1) is 16.0. The average Bonchev–Trinajstić information content (AvgIpc) is 3.11. The Balaban J connectivity index is 1.57. The number of carbonyl (C=O) groups excluding carboxylic acids is 1. The summed E-state index contributed by atoms with van der Waals surface area (Å²) in [5.74, 6) is 0.730. The van der Waals surface area contributed by atoms with Crippen LogP contribution in [0.3, 0.4) is 0 Å². The molecule has 4 rings (SSSR count). The molecule has 0 spiro atoms. The lowest BCUT2D eigenvalue weighted by Gasteiger charge is -2.32. The molecule has 128 valence electrons. The van der Waals surface area contributed by atoms with Crippen LogP contribution in [0.4, 0.5) is 5.82 Å². The lowest BCUT2D eigenvalue weighted by atomic mass is 10.2. The van der Waals surface area contributed by atoms with Crippen molar-refractivity contribution in [1.29, 1.82) is 0 Å². The molecule has 1 aromatic carbocycles. The molecular formula is C18H18N4O2S. The van der Waals surface area contributed by atoms with Gasteiger partial charge in [0, 0.05) is 30.7 Å². The van der Waals surface area contributed by atoms with Crippen molar-refractivity contribution in [1.82, 2.24) is 14.9 Å². The Morgan fingerprint density at radius 3 is 3.00 bits per heavy atom. The minimum absolute atomic E-state index is 0.0457. The van der Waals surface area contributed by atoms with Crippen molar-refractivity contribution in [3.05, 3.63) is 53.3 Å². The fourth-order valence-electron chi connectivity index (χ4n) is 3.02. The van der Waals surface area contributed by atoms with Crippen LogP contribution in [0, 0.1) is 0 Å². The number of thiophene rings is 1. The summed E-state index contributed by atoms with van der Waals surface area (Å²) < 4.78 is 6.98. The van der Waals surface area contributed by atoms with Crippen molar-refractivity contribution in [2.75, 3.05) is 32.1 Å². The molecule has 0 unspecified atom stereocenters. The van der Waals surface area contributed by atoms with Crippen molar-refractivity contribution in [3.8, 4) is 0 Å². The summed E-state index contributed by atoms with van der Waals surface area (Å²) in [6.07, 6.45) is 3.01. The molecule has 1 aliphatic rings. The minimum Gasteiger partial charge on any atom is -0.372 e. The number of rotatable bonds is 3. The van der Waals surface area contributed by atoms with Crippen LogP contribution in [0.25, 0.3) is 10.1 Å². The van der Waals surface area contributed by atoms with Crippen molar-refractivity contribution < 1.29 is 9.53 Å². The molecule has 0 saturated carbocycles. The molecule has 1 aliphatic heterocycles. The maximum Gasteiger partial charge on any atom is 0.264 e. The second kappa shape index (κ2) is 6.78. The van der Waals surface area contributed by atoms with E-state index >= 15 is 0 Å². The highest BCUT2D eigenvalue weighted by Gasteiger charge is 2.29. The number of anilines is 1. The molecule has 3 heterocycles. The maximum absolute atomic E-state index is 12.9. The average molecular weight is 354 g/mol. The van der Waals surface area contributed by atoms with E-state index in [4.69, 9.17) is 4.74 Å². The van der Waals surface area contributed by atoms with E-state index < -0.39 is 0 Å². The third kappa shape index (κ3) is 3.08. The number of carbonyl (C=O) groups is 1. The van der Waals surface area contributed by atoms with E-state index in [0.29, 0.717) is 25.5 Å². The van der Waals surface area contributed by atoms with Gasteiger partial charge in [-0.25, -0.2) is 4.98 Å². The van der Waals surface area contributed by atoms with Crippen LogP contribution in [-0.2, 0) is 4.74 Å². The van der Waals surface area contributed by atoms with Gasteiger partial charge in [0.2, 0.25) is 0 Å². The van der Waals surface area contributed by atoms with Gasteiger partial charge in [0.25, 0.3) is 5.91 Å². The van der Waals surface area contributed by atoms with Gasteiger partial charge in [0.05, 0.1) is 18.0 Å². The number of nitrogens with one attached hydrogen (secondary N) is 1. The van der Waals surface area contributed by atoms with Crippen LogP contribution < -0.4 is 5.32 Å². The quantitative estimate of drug-likeness (QED) is 0.783. The van der Waals surface area contributed by atoms with Gasteiger partial charge >= 0.3 is 0 Å². The summed E-state index contributed by atoms with van der Waals surface area (Å²) in [4.78, 5) is 24.2. The largest absolute Gasteiger partial charge is 0.372 e. The molecule has 0 radical (unpaired) electrons. The predicted molar refractivity (Wildman–Crippen MR) is 98.0 cm³/mol. The van der Waals surface area contributed by atoms with Crippen LogP contribution in [0.2, 0.25) is 0 Å². The molecule has 1 atom stereocenters. The fourth-order valence-corrected chi connectivity index (χ4v) is 4.05. The van der Waals surface area contributed by atoms with Gasteiger partial charge in [-0.1, -0.05) is 18.2 Å². The molecule has 0 bridgehead atoms. The molecule has 1 amide bonds. The van der Waals surface area contributed by atoms with Crippen LogP contribution in [0.5, 0.6) is 0 Å². The zero-order chi connectivity index (χ0) is 17.2. The second-order valence-electron chi connectivity index (χ2n) is 5.80. The van der Waals surface area contributed by atoms with Crippen LogP contribution in [0.1, 0.15) is 21.5 Å². The smallest absolute Gasteiger partial charge is 0.264 e. The van der Waals surface area contributed by atoms with Gasteiger partial charge in [0.15, 0.2) is 0 Å². The first-order chi connectivity index (χ1) is 12.3. The molecule has 7 heteroatoms. The lowest BCUT2D eigenvalue weighted by molar-refractivity contribution is -0.0243. The van der Waals surface area contributed by atoms with Crippen LogP contribution in [0.15, 0.2) is 42.7 Å². The van der Waals surface area contributed by atoms with E-state index in [1.165, 1.54) is 11.3 Å². The highest BCUT2D eigenvalue weighted by Crippen LogP contribution is 2.29. The Hall–Kier alpha value is -2.51. The van der Waals surface area contributed by atoms with E-state index in [1.54, 1.807) is 19.4 Å². The number of nitrogens with zero attached hydrogens (tertiary/aromatic N) is 3. The zero-order valence-electron chi connectivity index (χ0n) is 13.8. The molecule has 0 aliphatic carbocycles. The number of amides is 1. The van der Waals surface area contributed by atoms with Crippen molar-refractivity contribution in [3.63, 3.8) is 0 Å². The van der Waals surface area contributed by atoms with Crippen molar-refractivity contribution >= 4 is 33.1 Å². The first-order valence-corrected chi connectivity index (χ1v) is 8.96. The Labute approximate surface area is 149 Å². The first-order valence-electron chi connectivity index (χ1n) is 8.14. The Morgan fingerprint density at radius 1 is 1.32 bits per heavy atom. The van der Waals surface area contributed by atoms with Gasteiger partial charge in [-0.15, -0.1) is 11.3 Å². The van der Waals surface area contributed by atoms with Gasteiger partial charge in [-0.2, -0.15) is 0 Å². The Morgan fingerprint density at radius 2 is 2.16 bits per heavy atom. The summed E-state index contributed by atoms with van der Waals surface area (Å²) >= 11 is 1.53. The fraction of sp³-hybridized carbons (Fsp3) is 0.278. The monoisotopic (exact) mass is 354 g/mol. The number of benzene rings is 1. The Bertz CT molecular complexity index is 878. The Kier molecular flexibility index (Phi) is 4.33. The standard InChI is InChI=1S/C18H18N4O2S/c1-19-17-16(20-6-7-21-17)13-11-22(8-9-24-13)18(23)15-10-12-4-2-3-5-14(12)25-15/h2-7,10,13H,8-9,11H2,1H3,(H,19,21)/t13-/m1/s1. The zero-order valence-corrected chi connectivity index (χ0v) is 14.6. The summed E-state index contributed by atoms with van der Waals surface area (Å²) in [5.41, 5.74) is 0.735. The molecule has 2 aromatic heterocycles. The van der Waals surface area contributed by atoms with Crippen LogP contribution >= 0.6 is 11.3 Å². The van der Waals surface area contributed by atoms with E-state index in [2.05, 4.69) is 15.3 Å². The van der Waals surface area contributed by atoms with Gasteiger partial charge < -0.3 is 15.0 Å². The highest BCUT2D eigenvalue weighted by molar-refractivity contribution is 7.20. The third-order valence-electron chi connectivity index (χ3n) is 4.26. The second-order valence-corrected chi connectivity index (χ2v) is 6.88. The summed E-state index contributed by atoms with van der Waals surface area (Å²) in [6.45, 7) is 1.54. The number of aromatic nitrogens is 2. The van der Waals surface area contributed by atoms with E-state index in [0.717, 1.165) is 20.7 Å². The number of hydrogen-bond acceptors (Lipinski definition) is 6. The van der Waals surface area contributed by atoms with Gasteiger partial charge in [0.1, 0.15) is 17.6 Å². The van der Waals surface area contributed by atoms with Crippen molar-refractivity contribution in [2.24, 2.45) is 0 Å².